The van der Waals surface area contributed by atoms with Crippen molar-refractivity contribution in [2.45, 2.75) is 38.9 Å². The van der Waals surface area contributed by atoms with E-state index in [2.05, 4.69) is 75.1 Å². The van der Waals surface area contributed by atoms with Gasteiger partial charge in [-0.25, -0.2) is 0 Å². The van der Waals surface area contributed by atoms with Gasteiger partial charge in [0.1, 0.15) is 0 Å². The van der Waals surface area contributed by atoms with Gasteiger partial charge >= 0.3 is 21.7 Å². The van der Waals surface area contributed by atoms with Crippen molar-refractivity contribution in [2.24, 2.45) is 0 Å². The van der Waals surface area contributed by atoms with E-state index < -0.39 is 8.41 Å². The first kappa shape index (κ1) is 23.6. The maximum absolute atomic E-state index is 5.06. The number of rotatable bonds is 3. The molecule has 0 heterocycles. The third kappa shape index (κ3) is 5.06. The van der Waals surface area contributed by atoms with Crippen LogP contribution in [0.1, 0.15) is 25.0 Å². The zero-order chi connectivity index (χ0) is 15.0. The van der Waals surface area contributed by atoms with Crippen LogP contribution in [0, 0.1) is 0 Å². The quantitative estimate of drug-likeness (QED) is 0.501. The van der Waals surface area contributed by atoms with E-state index in [9.17, 15) is 0 Å². The van der Waals surface area contributed by atoms with Crippen LogP contribution in [0.3, 0.4) is 0 Å². The van der Waals surface area contributed by atoms with Crippen molar-refractivity contribution >= 4 is 19.8 Å². The second-order valence-corrected chi connectivity index (χ2v) is 9.07. The summed E-state index contributed by atoms with van der Waals surface area (Å²) in [5.41, 5.74) is 9.05. The monoisotopic (exact) mass is 410 g/mol. The second-order valence-electron chi connectivity index (χ2n) is 6.62. The van der Waals surface area contributed by atoms with Crippen molar-refractivity contribution in [2.75, 3.05) is 0 Å². The predicted octanol–water partition coefficient (Wildman–Crippen LogP) is -0.815. The summed E-state index contributed by atoms with van der Waals surface area (Å²) in [5, 5.41) is 5.06. The van der Waals surface area contributed by atoms with E-state index in [0.29, 0.717) is 0 Å². The van der Waals surface area contributed by atoms with E-state index in [1.165, 1.54) is 22.3 Å². The Labute approximate surface area is 174 Å². The van der Waals surface area contributed by atoms with Gasteiger partial charge in [-0.3, -0.25) is 0 Å². The fourth-order valence-corrected chi connectivity index (χ4v) is 4.77. The van der Waals surface area contributed by atoms with Gasteiger partial charge in [0.05, 0.1) is 0 Å². The topological polar surface area (TPSA) is 14.1 Å². The summed E-state index contributed by atoms with van der Waals surface area (Å²) in [6.45, 7) is 9.05. The van der Waals surface area contributed by atoms with Crippen LogP contribution >= 0.6 is 0 Å². The summed E-state index contributed by atoms with van der Waals surface area (Å²) in [6.07, 6.45) is 1.01. The molecule has 5 heteroatoms. The van der Waals surface area contributed by atoms with E-state index in [4.69, 9.17) is 5.32 Å². The maximum Gasteiger partial charge on any atom is 3.00 e. The van der Waals surface area contributed by atoms with Crippen molar-refractivity contribution in [1.29, 1.82) is 0 Å². The molecule has 0 spiro atoms. The van der Waals surface area contributed by atoms with Gasteiger partial charge in [0.15, 0.2) is 0 Å². The van der Waals surface area contributed by atoms with E-state index in [1.807, 2.05) is 0 Å². The molecule has 1 aliphatic rings. The van der Waals surface area contributed by atoms with Crippen LogP contribution in [0.15, 0.2) is 42.5 Å². The summed E-state index contributed by atoms with van der Waals surface area (Å²) in [6, 6.07) is 15.2. The smallest absolute Gasteiger partial charge is 1.00 e. The van der Waals surface area contributed by atoms with E-state index >= 15 is 0 Å². The minimum absolute atomic E-state index is 0. The SMILES string of the molecule is C[Si](C)=CC(C)(C)[N-]c1cccc2c1Cc1ccccc1-2.[Cl-].[Cl-].[Ti+3]. The Balaban J connectivity index is 0.00000176. The summed E-state index contributed by atoms with van der Waals surface area (Å²) in [4.78, 5) is 0. The van der Waals surface area contributed by atoms with Crippen LogP contribution < -0.4 is 24.8 Å². The van der Waals surface area contributed by atoms with Crippen molar-refractivity contribution < 1.29 is 46.5 Å². The van der Waals surface area contributed by atoms with Crippen molar-refractivity contribution in [1.82, 2.24) is 0 Å². The average molecular weight is 411 g/mol. The zero-order valence-corrected chi connectivity index (χ0v) is 18.6. The average Bonchev–Trinajstić information content (AvgIpc) is 2.77. The van der Waals surface area contributed by atoms with Gasteiger partial charge in [-0.2, -0.15) is 0 Å². The Bertz CT molecular complexity index is 725. The molecule has 125 valence electrons. The number of hydrogen-bond acceptors (Lipinski definition) is 0. The molecule has 0 fully saturated rings. The fourth-order valence-electron chi connectivity index (χ4n) is 3.29. The molecule has 0 unspecified atom stereocenters. The summed E-state index contributed by atoms with van der Waals surface area (Å²) in [5.74, 6) is 0. The van der Waals surface area contributed by atoms with Crippen LogP contribution in [0.2, 0.25) is 13.1 Å². The molecule has 24 heavy (non-hydrogen) atoms. The Morgan fingerprint density at radius 1 is 0.958 bits per heavy atom. The molecule has 1 nitrogen and oxygen atoms in total. The molecule has 1 radical (unpaired) electrons. The van der Waals surface area contributed by atoms with E-state index in [0.717, 1.165) is 12.1 Å². The molecule has 0 saturated heterocycles. The van der Waals surface area contributed by atoms with Crippen LogP contribution in [0.4, 0.5) is 5.69 Å². The van der Waals surface area contributed by atoms with Crippen molar-refractivity contribution in [3.8, 4) is 11.1 Å². The van der Waals surface area contributed by atoms with Crippen LogP contribution in [0.25, 0.3) is 16.4 Å². The van der Waals surface area contributed by atoms with Gasteiger partial charge in [-0.15, -0.1) is 11.4 Å². The first-order valence-corrected chi connectivity index (χ1v) is 10.1. The van der Waals surface area contributed by atoms with Gasteiger partial charge < -0.3 is 30.1 Å². The van der Waals surface area contributed by atoms with E-state index in [-0.39, 0.29) is 52.1 Å². The molecule has 0 aromatic heterocycles. The predicted molar refractivity (Wildman–Crippen MR) is 95.3 cm³/mol. The van der Waals surface area contributed by atoms with Gasteiger partial charge in [0, 0.05) is 0 Å². The number of benzene rings is 2. The third-order valence-electron chi connectivity index (χ3n) is 3.88. The maximum atomic E-state index is 5.06. The summed E-state index contributed by atoms with van der Waals surface area (Å²) in [7, 11) is -0.396. The van der Waals surface area contributed by atoms with Gasteiger partial charge in [-0.05, 0) is 31.5 Å². The first-order valence-electron chi connectivity index (χ1n) is 7.55. The standard InChI is InChI=1S/C19H22NSi.2ClH.Ti/c1-19(2,13-21(3)4)20-18-11-7-10-16-15-9-6-5-8-14(15)12-17(16)18;;;/h5-11,13H,12H2,1-4H3;2*1H;/q-1;;;+3/p-2. The number of hydrogen-bond donors (Lipinski definition) is 0. The number of halogens is 2. The molecule has 0 atom stereocenters. The Hall–Kier alpha value is -0.379. The van der Waals surface area contributed by atoms with Crippen LogP contribution in [0.5, 0.6) is 0 Å². The molecule has 1 aliphatic carbocycles. The molecule has 3 rings (SSSR count). The minimum atomic E-state index is -0.396. The zero-order valence-electron chi connectivity index (χ0n) is 14.5. The molecule has 2 aromatic carbocycles. The normalized spacial score (nSPS) is 11.0. The van der Waals surface area contributed by atoms with Gasteiger partial charge in [-0.1, -0.05) is 80.5 Å². The molecule has 0 amide bonds. The molecular formula is C19H22Cl2NSiTi. The number of nitrogens with zero attached hydrogens (tertiary/aromatic N) is 1. The molecule has 0 aliphatic heterocycles. The second kappa shape index (κ2) is 9.36. The van der Waals surface area contributed by atoms with Gasteiger partial charge in [0.2, 0.25) is 0 Å². The first-order chi connectivity index (χ1) is 9.96. The third-order valence-corrected chi connectivity index (χ3v) is 5.16. The Kier molecular flexibility index (Phi) is 9.21. The largest absolute Gasteiger partial charge is 3.00 e. The number of fused-ring (bicyclic) bond motifs is 3. The van der Waals surface area contributed by atoms with Crippen molar-refractivity contribution in [3.63, 3.8) is 0 Å². The molecular weight excluding hydrogens is 389 g/mol. The van der Waals surface area contributed by atoms with Crippen LogP contribution in [-0.4, -0.2) is 19.6 Å². The molecule has 0 N–H and O–H groups in total. The van der Waals surface area contributed by atoms with Gasteiger partial charge in [0.25, 0.3) is 0 Å². The molecule has 0 saturated carbocycles. The summed E-state index contributed by atoms with van der Waals surface area (Å²) < 4.78 is 0. The van der Waals surface area contributed by atoms with Crippen LogP contribution in [-0.2, 0) is 28.1 Å². The Morgan fingerprint density at radius 3 is 2.25 bits per heavy atom. The summed E-state index contributed by atoms with van der Waals surface area (Å²) >= 11 is 0. The van der Waals surface area contributed by atoms with Crippen molar-refractivity contribution in [3.05, 3.63) is 58.9 Å². The fraction of sp³-hybridized carbons (Fsp3) is 0.316. The minimum Gasteiger partial charge on any atom is -1.00 e. The molecule has 0 bridgehead atoms. The van der Waals surface area contributed by atoms with E-state index in [1.54, 1.807) is 0 Å². The Morgan fingerprint density at radius 2 is 1.58 bits per heavy atom. The molecule has 2 aromatic rings.